The maximum Gasteiger partial charge on any atom is 0.471 e. The highest BCUT2D eigenvalue weighted by molar-refractivity contribution is 6.31. The molecule has 1 atom stereocenters. The molecule has 0 aromatic heterocycles. The Kier molecular flexibility index (Phi) is 8.45. The number of nitrogens with zero attached hydrogens (tertiary/aromatic N) is 1. The molecule has 1 fully saturated rings. The number of carbonyl (C=O) groups is 3. The van der Waals surface area contributed by atoms with Crippen LogP contribution in [0.3, 0.4) is 0 Å². The molecule has 0 bridgehead atoms. The highest BCUT2D eigenvalue weighted by Crippen LogP contribution is 2.57. The van der Waals surface area contributed by atoms with E-state index in [1.54, 1.807) is 0 Å². The van der Waals surface area contributed by atoms with Crippen LogP contribution < -0.4 is 4.90 Å². The summed E-state index contributed by atoms with van der Waals surface area (Å²) in [6.07, 6.45) is -2.56. The second kappa shape index (κ2) is 11.2. The predicted octanol–water partition coefficient (Wildman–Crippen LogP) is 6.59. The second-order valence-electron chi connectivity index (χ2n) is 11.2. The zero-order valence-electron chi connectivity index (χ0n) is 23.4. The Balaban J connectivity index is 1.88. The number of esters is 1. The van der Waals surface area contributed by atoms with Gasteiger partial charge in [0, 0.05) is 28.3 Å². The van der Waals surface area contributed by atoms with E-state index in [9.17, 15) is 32.7 Å². The molecule has 10 heteroatoms. The van der Waals surface area contributed by atoms with Crippen LogP contribution in [-0.4, -0.2) is 48.2 Å². The number of allylic oxidation sites excluding steroid dienone is 1. The monoisotopic (exact) mass is 591 g/mol. The maximum absolute atomic E-state index is 14.0. The third-order valence-electron chi connectivity index (χ3n) is 8.56. The van der Waals surface area contributed by atoms with Crippen LogP contribution in [0.5, 0.6) is 0 Å². The Bertz CT molecular complexity index is 1410. The number of benzene rings is 2. The average molecular weight is 592 g/mol. The van der Waals surface area contributed by atoms with E-state index in [4.69, 9.17) is 16.3 Å². The van der Waals surface area contributed by atoms with Gasteiger partial charge in [-0.05, 0) is 98.9 Å². The van der Waals surface area contributed by atoms with Gasteiger partial charge in [0.15, 0.2) is 5.78 Å². The fourth-order valence-corrected chi connectivity index (χ4v) is 6.64. The van der Waals surface area contributed by atoms with Crippen LogP contribution in [-0.2, 0) is 19.7 Å². The number of rotatable bonds is 7. The van der Waals surface area contributed by atoms with Crippen LogP contribution in [0, 0.1) is 12.8 Å². The Morgan fingerprint density at radius 1 is 1.12 bits per heavy atom. The molecule has 0 saturated heterocycles. The number of hydrogen-bond acceptors (Lipinski definition) is 5. The van der Waals surface area contributed by atoms with Crippen molar-refractivity contribution in [3.05, 3.63) is 69.2 Å². The maximum atomic E-state index is 14.0. The summed E-state index contributed by atoms with van der Waals surface area (Å²) in [5, 5.41) is 9.93. The summed E-state index contributed by atoms with van der Waals surface area (Å²) in [7, 11) is 1.09. The van der Waals surface area contributed by atoms with Crippen molar-refractivity contribution in [1.29, 1.82) is 0 Å². The molecule has 2 aliphatic carbocycles. The number of amides is 1. The Morgan fingerprint density at radius 2 is 1.78 bits per heavy atom. The lowest BCUT2D eigenvalue weighted by Crippen LogP contribution is -2.63. The van der Waals surface area contributed by atoms with Crippen molar-refractivity contribution in [2.75, 3.05) is 18.6 Å². The van der Waals surface area contributed by atoms with Crippen LogP contribution in [0.15, 0.2) is 42.0 Å². The predicted molar refractivity (Wildman–Crippen MR) is 150 cm³/mol. The van der Waals surface area contributed by atoms with Crippen molar-refractivity contribution in [1.82, 2.24) is 0 Å². The molecule has 220 valence electrons. The number of anilines is 1. The molecule has 0 unspecified atom stereocenters. The SMILES string of the molecule is COC(=O)C1(N(C(=O)C(F)(F)F)c2cccc(Cl)c2)CCC2(CC1)C(C[C@@H](C)CO)=Cc1c(C)cc(C(C)=O)cc12. The van der Waals surface area contributed by atoms with E-state index >= 15 is 0 Å². The molecule has 1 spiro atoms. The number of halogens is 4. The van der Waals surface area contributed by atoms with Crippen LogP contribution >= 0.6 is 11.6 Å². The fourth-order valence-electron chi connectivity index (χ4n) is 6.46. The van der Waals surface area contributed by atoms with E-state index in [1.807, 2.05) is 32.1 Å². The third-order valence-corrected chi connectivity index (χ3v) is 8.79. The standard InChI is InChI=1S/C31H33ClF3NO5/c1-18(17-37)12-22-15-25-19(2)13-21(20(3)38)14-26(25)29(22)8-10-30(11-9-29,28(40)41-4)36(27(39)31(33,34)35)24-7-5-6-23(32)16-24/h5-7,13-16,18,37H,8-12,17H2,1-4H3/t18-,29?,30?/m1/s1. The van der Waals surface area contributed by atoms with Gasteiger partial charge in [-0.15, -0.1) is 0 Å². The quantitative estimate of drug-likeness (QED) is 0.290. The topological polar surface area (TPSA) is 83.9 Å². The number of aliphatic hydroxyl groups is 1. The van der Waals surface area contributed by atoms with Gasteiger partial charge in [0.2, 0.25) is 0 Å². The molecular formula is C31H33ClF3NO5. The zero-order chi connectivity index (χ0) is 30.3. The molecule has 1 saturated carbocycles. The number of ether oxygens (including phenoxy) is 1. The number of ketones is 1. The minimum atomic E-state index is -5.27. The van der Waals surface area contributed by atoms with Gasteiger partial charge in [-0.3, -0.25) is 14.5 Å². The van der Waals surface area contributed by atoms with Gasteiger partial charge in [0.05, 0.1) is 7.11 Å². The van der Waals surface area contributed by atoms with E-state index in [1.165, 1.54) is 31.2 Å². The van der Waals surface area contributed by atoms with Crippen LogP contribution in [0.4, 0.5) is 18.9 Å². The van der Waals surface area contributed by atoms with Crippen LogP contribution in [0.1, 0.15) is 73.0 Å². The molecule has 2 aliphatic rings. The van der Waals surface area contributed by atoms with E-state index < -0.39 is 29.0 Å². The molecule has 1 amide bonds. The molecule has 6 nitrogen and oxygen atoms in total. The summed E-state index contributed by atoms with van der Waals surface area (Å²) < 4.78 is 47.2. The first-order valence-electron chi connectivity index (χ1n) is 13.4. The molecule has 2 aromatic carbocycles. The summed E-state index contributed by atoms with van der Waals surface area (Å²) in [5.74, 6) is -3.36. The average Bonchev–Trinajstić information content (AvgIpc) is 3.21. The van der Waals surface area contributed by atoms with Crippen molar-refractivity contribution >= 4 is 41.0 Å². The number of hydrogen-bond donors (Lipinski definition) is 1. The molecule has 0 radical (unpaired) electrons. The first-order valence-corrected chi connectivity index (χ1v) is 13.8. The van der Waals surface area contributed by atoms with Crippen LogP contribution in [0.25, 0.3) is 6.08 Å². The minimum absolute atomic E-state index is 0.0594. The van der Waals surface area contributed by atoms with Gasteiger partial charge in [0.1, 0.15) is 5.54 Å². The zero-order valence-corrected chi connectivity index (χ0v) is 24.2. The van der Waals surface area contributed by atoms with Gasteiger partial charge < -0.3 is 9.84 Å². The van der Waals surface area contributed by atoms with Crippen molar-refractivity contribution in [2.24, 2.45) is 5.92 Å². The first kappa shape index (κ1) is 30.8. The van der Waals surface area contributed by atoms with Crippen molar-refractivity contribution < 1.29 is 37.4 Å². The molecular weight excluding hydrogens is 559 g/mol. The Morgan fingerprint density at radius 3 is 2.32 bits per heavy atom. The number of alkyl halides is 3. The van der Waals surface area contributed by atoms with Gasteiger partial charge in [-0.25, -0.2) is 4.79 Å². The van der Waals surface area contributed by atoms with Crippen molar-refractivity contribution in [3.63, 3.8) is 0 Å². The van der Waals surface area contributed by atoms with Crippen molar-refractivity contribution in [2.45, 2.75) is 70.0 Å². The molecule has 0 heterocycles. The van der Waals surface area contributed by atoms with E-state index in [-0.39, 0.29) is 54.7 Å². The molecule has 1 N–H and O–H groups in total. The number of carbonyl (C=O) groups excluding carboxylic acids is 3. The van der Waals surface area contributed by atoms with E-state index in [0.29, 0.717) is 16.9 Å². The molecule has 4 rings (SSSR count). The van der Waals surface area contributed by atoms with Gasteiger partial charge in [-0.2, -0.15) is 13.2 Å². The van der Waals surface area contributed by atoms with Crippen LogP contribution in [0.2, 0.25) is 5.02 Å². The van der Waals surface area contributed by atoms with Crippen molar-refractivity contribution in [3.8, 4) is 0 Å². The van der Waals surface area contributed by atoms with Gasteiger partial charge in [0.25, 0.3) is 0 Å². The molecule has 41 heavy (non-hydrogen) atoms. The highest BCUT2D eigenvalue weighted by atomic mass is 35.5. The smallest absolute Gasteiger partial charge is 0.467 e. The molecule has 2 aromatic rings. The summed E-state index contributed by atoms with van der Waals surface area (Å²) in [4.78, 5) is 39.3. The number of methoxy groups -OCH3 is 1. The van der Waals surface area contributed by atoms with E-state index in [0.717, 1.165) is 29.4 Å². The summed E-state index contributed by atoms with van der Waals surface area (Å²) in [6.45, 7) is 5.21. The largest absolute Gasteiger partial charge is 0.471 e. The van der Waals surface area contributed by atoms with Gasteiger partial charge >= 0.3 is 18.1 Å². The Hall–Kier alpha value is -3.17. The summed E-state index contributed by atoms with van der Waals surface area (Å²) in [6, 6.07) is 9.06. The number of aryl methyl sites for hydroxylation is 1. The minimum Gasteiger partial charge on any atom is -0.467 e. The summed E-state index contributed by atoms with van der Waals surface area (Å²) >= 11 is 6.11. The fraction of sp³-hybridized carbons (Fsp3) is 0.452. The third kappa shape index (κ3) is 5.42. The lowest BCUT2D eigenvalue weighted by molar-refractivity contribution is -0.174. The highest BCUT2D eigenvalue weighted by Gasteiger charge is 2.59. The lowest BCUT2D eigenvalue weighted by atomic mass is 9.60. The normalized spacial score (nSPS) is 22.6. The number of aliphatic hydroxyl groups excluding tert-OH is 1. The molecule has 0 aliphatic heterocycles. The summed E-state index contributed by atoms with van der Waals surface area (Å²) in [5.41, 5.74) is 1.37. The van der Waals surface area contributed by atoms with Gasteiger partial charge in [-0.1, -0.05) is 36.2 Å². The lowest BCUT2D eigenvalue weighted by Gasteiger charge is -2.50. The van der Waals surface area contributed by atoms with E-state index in [2.05, 4.69) is 0 Å². The second-order valence-corrected chi connectivity index (χ2v) is 11.6. The first-order chi connectivity index (χ1) is 19.2. The number of Topliss-reactive ketones (excluding diaryl/α,β-unsaturated/α-hetero) is 1. The Labute approximate surface area is 242 Å². The number of fused-ring (bicyclic) bond motifs is 2.